The predicted molar refractivity (Wildman–Crippen MR) is 136 cm³/mol. The molecule has 0 saturated heterocycles. The number of nitrogens with one attached hydrogen (secondary N) is 1. The highest BCUT2D eigenvalue weighted by atomic mass is 79.9. The topological polar surface area (TPSA) is 86.8 Å². The summed E-state index contributed by atoms with van der Waals surface area (Å²) in [6.45, 7) is 5.78. The Morgan fingerprint density at radius 1 is 1.03 bits per heavy atom. The van der Waals surface area contributed by atoms with Crippen LogP contribution in [0.4, 0.5) is 5.69 Å². The molecule has 0 radical (unpaired) electrons. The standard InChI is InChI=1S/C23H29BrClN3O4S/c1-16(2)13-26-23(30)17(3)27(14-18-5-7-19(24)8-6-18)22(29)15-28(33(4,31)32)21-11-9-20(25)10-12-21/h5-12,16-17H,13-15H2,1-4H3,(H,26,30). The van der Waals surface area contributed by atoms with Gasteiger partial charge in [-0.2, -0.15) is 0 Å². The fourth-order valence-electron chi connectivity index (χ4n) is 3.04. The highest BCUT2D eigenvalue weighted by Crippen LogP contribution is 2.21. The monoisotopic (exact) mass is 557 g/mol. The summed E-state index contributed by atoms with van der Waals surface area (Å²) >= 11 is 9.31. The van der Waals surface area contributed by atoms with Gasteiger partial charge in [0, 0.05) is 22.6 Å². The number of hydrogen-bond acceptors (Lipinski definition) is 4. The predicted octanol–water partition coefficient (Wildman–Crippen LogP) is 4.06. The molecule has 0 aromatic heterocycles. The lowest BCUT2D eigenvalue weighted by molar-refractivity contribution is -0.139. The number of amides is 2. The molecule has 2 aromatic carbocycles. The summed E-state index contributed by atoms with van der Waals surface area (Å²) in [6.07, 6.45) is 1.03. The normalized spacial score (nSPS) is 12.3. The SMILES string of the molecule is CC(C)CNC(=O)C(C)N(Cc1ccc(Br)cc1)C(=O)CN(c1ccc(Cl)cc1)S(C)(=O)=O. The third kappa shape index (κ3) is 8.32. The van der Waals surface area contributed by atoms with Crippen LogP contribution in [0.1, 0.15) is 26.3 Å². The van der Waals surface area contributed by atoms with Crippen molar-refractivity contribution in [1.29, 1.82) is 0 Å². The molecule has 0 saturated carbocycles. The molecule has 0 fully saturated rings. The second-order valence-corrected chi connectivity index (χ2v) is 11.5. The first-order chi connectivity index (χ1) is 15.4. The van der Waals surface area contributed by atoms with E-state index in [2.05, 4.69) is 21.2 Å². The zero-order valence-electron chi connectivity index (χ0n) is 19.1. The molecule has 2 amide bonds. The first kappa shape index (κ1) is 27.1. The van der Waals surface area contributed by atoms with Crippen molar-refractivity contribution in [3.63, 3.8) is 0 Å². The molecular weight excluding hydrogens is 530 g/mol. The average Bonchev–Trinajstić information content (AvgIpc) is 2.74. The van der Waals surface area contributed by atoms with Crippen LogP contribution in [0.15, 0.2) is 53.0 Å². The Hall–Kier alpha value is -2.10. The lowest BCUT2D eigenvalue weighted by Crippen LogP contribution is -2.51. The van der Waals surface area contributed by atoms with Crippen LogP contribution >= 0.6 is 27.5 Å². The van der Waals surface area contributed by atoms with Crippen LogP contribution in [0.25, 0.3) is 0 Å². The average molecular weight is 559 g/mol. The van der Waals surface area contributed by atoms with E-state index in [1.54, 1.807) is 19.1 Å². The number of carbonyl (C=O) groups excluding carboxylic acids is 2. The number of halogens is 2. The third-order valence-electron chi connectivity index (χ3n) is 4.91. The van der Waals surface area contributed by atoms with Crippen molar-refractivity contribution in [3.05, 3.63) is 63.6 Å². The van der Waals surface area contributed by atoms with Crippen molar-refractivity contribution in [2.75, 3.05) is 23.7 Å². The van der Waals surface area contributed by atoms with Crippen molar-refractivity contribution < 1.29 is 18.0 Å². The zero-order valence-corrected chi connectivity index (χ0v) is 22.2. The molecule has 2 rings (SSSR count). The highest BCUT2D eigenvalue weighted by Gasteiger charge is 2.30. The molecule has 33 heavy (non-hydrogen) atoms. The Morgan fingerprint density at radius 3 is 2.12 bits per heavy atom. The zero-order chi connectivity index (χ0) is 24.8. The molecule has 0 aliphatic rings. The van der Waals surface area contributed by atoms with Crippen LogP contribution < -0.4 is 9.62 Å². The summed E-state index contributed by atoms with van der Waals surface area (Å²) in [7, 11) is -3.77. The van der Waals surface area contributed by atoms with E-state index >= 15 is 0 Å². The van der Waals surface area contributed by atoms with Gasteiger partial charge in [0.25, 0.3) is 0 Å². The number of anilines is 1. The van der Waals surface area contributed by atoms with E-state index in [4.69, 9.17) is 11.6 Å². The van der Waals surface area contributed by atoms with Gasteiger partial charge in [-0.3, -0.25) is 13.9 Å². The van der Waals surface area contributed by atoms with Gasteiger partial charge in [-0.05, 0) is 54.8 Å². The van der Waals surface area contributed by atoms with Gasteiger partial charge < -0.3 is 10.2 Å². The van der Waals surface area contributed by atoms with Crippen molar-refractivity contribution in [2.24, 2.45) is 5.92 Å². The van der Waals surface area contributed by atoms with Crippen LogP contribution in [0.2, 0.25) is 5.02 Å². The summed E-state index contributed by atoms with van der Waals surface area (Å²) in [4.78, 5) is 27.6. The molecule has 180 valence electrons. The van der Waals surface area contributed by atoms with E-state index in [1.807, 2.05) is 38.1 Å². The lowest BCUT2D eigenvalue weighted by atomic mass is 10.1. The van der Waals surface area contributed by atoms with Crippen molar-refractivity contribution in [2.45, 2.75) is 33.4 Å². The second-order valence-electron chi connectivity index (χ2n) is 8.21. The number of carbonyl (C=O) groups is 2. The van der Waals surface area contributed by atoms with Crippen LogP contribution in [-0.2, 0) is 26.2 Å². The van der Waals surface area contributed by atoms with Gasteiger partial charge in [0.2, 0.25) is 21.8 Å². The maximum atomic E-state index is 13.4. The van der Waals surface area contributed by atoms with Gasteiger partial charge in [-0.15, -0.1) is 0 Å². The Balaban J connectivity index is 2.34. The molecular formula is C23H29BrClN3O4S. The van der Waals surface area contributed by atoms with Gasteiger partial charge in [0.05, 0.1) is 11.9 Å². The summed E-state index contributed by atoms with van der Waals surface area (Å²) in [5.41, 5.74) is 1.13. The van der Waals surface area contributed by atoms with Gasteiger partial charge in [-0.25, -0.2) is 8.42 Å². The Labute approximate surface area is 209 Å². The van der Waals surface area contributed by atoms with Crippen LogP contribution in [0, 0.1) is 5.92 Å². The molecule has 1 unspecified atom stereocenters. The number of rotatable bonds is 10. The Morgan fingerprint density at radius 2 is 1.61 bits per heavy atom. The minimum Gasteiger partial charge on any atom is -0.354 e. The van der Waals surface area contributed by atoms with Crippen LogP contribution in [-0.4, -0.2) is 50.5 Å². The van der Waals surface area contributed by atoms with E-state index in [0.717, 1.165) is 20.6 Å². The first-order valence-electron chi connectivity index (χ1n) is 10.4. The molecule has 1 atom stereocenters. The fourth-order valence-corrected chi connectivity index (χ4v) is 4.28. The minimum atomic E-state index is -3.77. The molecule has 7 nitrogen and oxygen atoms in total. The summed E-state index contributed by atoms with van der Waals surface area (Å²) in [6, 6.07) is 12.8. The van der Waals surface area contributed by atoms with Gasteiger partial charge in [-0.1, -0.05) is 53.5 Å². The van der Waals surface area contributed by atoms with Crippen molar-refractivity contribution >= 4 is 55.1 Å². The second kappa shape index (κ2) is 11.9. The van der Waals surface area contributed by atoms with E-state index in [0.29, 0.717) is 17.3 Å². The van der Waals surface area contributed by atoms with Gasteiger partial charge in [0.15, 0.2) is 0 Å². The minimum absolute atomic E-state index is 0.153. The summed E-state index contributed by atoms with van der Waals surface area (Å²) in [5, 5.41) is 3.30. The number of benzene rings is 2. The molecule has 0 aliphatic carbocycles. The van der Waals surface area contributed by atoms with E-state index < -0.39 is 28.5 Å². The van der Waals surface area contributed by atoms with Gasteiger partial charge >= 0.3 is 0 Å². The quantitative estimate of drug-likeness (QED) is 0.477. The summed E-state index contributed by atoms with van der Waals surface area (Å²) in [5.74, 6) is -0.542. The molecule has 0 heterocycles. The number of nitrogens with zero attached hydrogens (tertiary/aromatic N) is 2. The molecule has 0 aliphatic heterocycles. The largest absolute Gasteiger partial charge is 0.354 e. The van der Waals surface area contributed by atoms with Crippen molar-refractivity contribution in [3.8, 4) is 0 Å². The van der Waals surface area contributed by atoms with Gasteiger partial charge in [0.1, 0.15) is 12.6 Å². The number of hydrogen-bond donors (Lipinski definition) is 1. The Kier molecular flexibility index (Phi) is 9.75. The maximum Gasteiger partial charge on any atom is 0.244 e. The van der Waals surface area contributed by atoms with Crippen molar-refractivity contribution in [1.82, 2.24) is 10.2 Å². The van der Waals surface area contributed by atoms with Crippen LogP contribution in [0.3, 0.4) is 0 Å². The van der Waals surface area contributed by atoms with E-state index in [1.165, 1.54) is 17.0 Å². The van der Waals surface area contributed by atoms with Crippen LogP contribution in [0.5, 0.6) is 0 Å². The third-order valence-corrected chi connectivity index (χ3v) is 6.83. The van der Waals surface area contributed by atoms with E-state index in [9.17, 15) is 18.0 Å². The lowest BCUT2D eigenvalue weighted by Gasteiger charge is -2.31. The molecule has 2 aromatic rings. The fraction of sp³-hybridized carbons (Fsp3) is 0.391. The highest BCUT2D eigenvalue weighted by molar-refractivity contribution is 9.10. The Bertz CT molecular complexity index is 1060. The molecule has 1 N–H and O–H groups in total. The smallest absolute Gasteiger partial charge is 0.244 e. The molecule has 0 bridgehead atoms. The molecule has 10 heteroatoms. The summed E-state index contributed by atoms with van der Waals surface area (Å²) < 4.78 is 26.9. The molecule has 0 spiro atoms. The maximum absolute atomic E-state index is 13.4. The number of sulfonamides is 1. The van der Waals surface area contributed by atoms with E-state index in [-0.39, 0.29) is 18.4 Å². The first-order valence-corrected chi connectivity index (χ1v) is 13.4.